The lowest BCUT2D eigenvalue weighted by Gasteiger charge is -2.25. The number of unbranched alkanes of at least 4 members (excludes halogenated alkanes) is 2. The van der Waals surface area contributed by atoms with Gasteiger partial charge in [-0.25, -0.2) is 0 Å². The number of benzene rings is 2. The zero-order valence-corrected chi connectivity index (χ0v) is 28.8. The highest BCUT2D eigenvalue weighted by Crippen LogP contribution is 2.29. The summed E-state index contributed by atoms with van der Waals surface area (Å²) in [6, 6.07) is 6.57. The van der Waals surface area contributed by atoms with Crippen molar-refractivity contribution >= 4 is 29.5 Å². The number of nitrogens with two attached hydrogens (primary N) is 4. The normalized spacial score (nSPS) is 18.5. The summed E-state index contributed by atoms with van der Waals surface area (Å²) in [5, 5.41) is 24.2. The molecule has 3 rings (SSSR count). The Morgan fingerprint density at radius 2 is 1.58 bits per heavy atom. The fourth-order valence-electron chi connectivity index (χ4n) is 5.56. The third-order valence-electron chi connectivity index (χ3n) is 8.60. The molecule has 4 bridgehead atoms. The Kier molecular flexibility index (Phi) is 16.1. The second kappa shape index (κ2) is 20.2. The van der Waals surface area contributed by atoms with Crippen LogP contribution in [-0.4, -0.2) is 91.5 Å². The van der Waals surface area contributed by atoms with E-state index in [4.69, 9.17) is 22.9 Å². The van der Waals surface area contributed by atoms with Crippen LogP contribution in [0.25, 0.3) is 11.1 Å². The number of aryl methyl sites for hydroxylation is 1. The summed E-state index contributed by atoms with van der Waals surface area (Å²) in [5.41, 5.74) is 27.1. The predicted molar refractivity (Wildman–Crippen MR) is 190 cm³/mol. The number of phenolic OH excluding ortho intramolecular Hbond substituents is 1. The number of aromatic hydroxyl groups is 1. The van der Waals surface area contributed by atoms with Gasteiger partial charge >= 0.3 is 0 Å². The SMILES string of the molecule is Cc1ccc2cc1C[C@@H](C(=O)NC[C@H](N)C(=O)NCCCCCC(=O)NCCN)NC(=O)[C@H](CCCN)NC(=O)[C@@H](N)Cc1cc-2ccc1O. The van der Waals surface area contributed by atoms with E-state index >= 15 is 0 Å². The molecule has 2 aromatic carbocycles. The summed E-state index contributed by atoms with van der Waals surface area (Å²) in [6.07, 6.45) is 3.19. The maximum atomic E-state index is 13.6. The van der Waals surface area contributed by atoms with E-state index in [-0.39, 0.29) is 44.0 Å². The van der Waals surface area contributed by atoms with Crippen LogP contribution in [0, 0.1) is 6.92 Å². The fraction of sp³-hybridized carbons (Fsp3) is 0.514. The van der Waals surface area contributed by atoms with E-state index in [9.17, 15) is 29.1 Å². The van der Waals surface area contributed by atoms with Gasteiger partial charge in [0.2, 0.25) is 29.5 Å². The quantitative estimate of drug-likeness (QED) is 0.0984. The van der Waals surface area contributed by atoms with Crippen molar-refractivity contribution in [1.82, 2.24) is 26.6 Å². The van der Waals surface area contributed by atoms with Crippen LogP contribution in [-0.2, 0) is 36.8 Å². The van der Waals surface area contributed by atoms with E-state index in [1.54, 1.807) is 18.2 Å². The van der Waals surface area contributed by atoms with E-state index in [2.05, 4.69) is 26.6 Å². The monoisotopic (exact) mass is 695 g/mol. The molecule has 0 unspecified atom stereocenters. The van der Waals surface area contributed by atoms with E-state index in [1.807, 2.05) is 25.1 Å². The van der Waals surface area contributed by atoms with Crippen molar-refractivity contribution < 1.29 is 29.1 Å². The second-order valence-electron chi connectivity index (χ2n) is 12.6. The van der Waals surface area contributed by atoms with Crippen molar-refractivity contribution in [2.45, 2.75) is 82.5 Å². The van der Waals surface area contributed by atoms with Gasteiger partial charge in [0.25, 0.3) is 0 Å². The Morgan fingerprint density at radius 3 is 2.30 bits per heavy atom. The fourth-order valence-corrected chi connectivity index (χ4v) is 5.56. The van der Waals surface area contributed by atoms with Crippen LogP contribution in [0.5, 0.6) is 5.75 Å². The third kappa shape index (κ3) is 12.4. The smallest absolute Gasteiger partial charge is 0.243 e. The lowest BCUT2D eigenvalue weighted by atomic mass is 9.93. The topological polar surface area (TPSA) is 270 Å². The van der Waals surface area contributed by atoms with Crippen LogP contribution in [0.15, 0.2) is 36.4 Å². The van der Waals surface area contributed by atoms with Crippen molar-refractivity contribution in [3.8, 4) is 16.9 Å². The van der Waals surface area contributed by atoms with E-state index in [0.29, 0.717) is 50.9 Å². The van der Waals surface area contributed by atoms with Crippen LogP contribution >= 0.6 is 0 Å². The van der Waals surface area contributed by atoms with Crippen LogP contribution in [0.4, 0.5) is 0 Å². The number of carbonyl (C=O) groups is 5. The number of phenols is 1. The lowest BCUT2D eigenvalue weighted by Crippen LogP contribution is -2.57. The largest absolute Gasteiger partial charge is 0.508 e. The number of rotatable bonds is 15. The molecule has 0 radical (unpaired) electrons. The average molecular weight is 696 g/mol. The molecule has 0 fully saturated rings. The number of hydrogen-bond acceptors (Lipinski definition) is 10. The van der Waals surface area contributed by atoms with Gasteiger partial charge in [0.15, 0.2) is 0 Å². The first-order chi connectivity index (χ1) is 23.9. The summed E-state index contributed by atoms with van der Waals surface area (Å²) in [7, 11) is 0. The van der Waals surface area contributed by atoms with Crippen molar-refractivity contribution in [2.75, 3.05) is 32.7 Å². The molecule has 0 aromatic heterocycles. The molecule has 1 heterocycles. The molecule has 0 aliphatic carbocycles. The highest BCUT2D eigenvalue weighted by atomic mass is 16.3. The number of fused-ring (bicyclic) bond motifs is 5. The Labute approximate surface area is 293 Å². The predicted octanol–water partition coefficient (Wildman–Crippen LogP) is -1.30. The molecule has 15 nitrogen and oxygen atoms in total. The summed E-state index contributed by atoms with van der Waals surface area (Å²) in [4.78, 5) is 64.7. The highest BCUT2D eigenvalue weighted by molar-refractivity contribution is 5.93. The van der Waals surface area contributed by atoms with E-state index in [1.165, 1.54) is 0 Å². The molecule has 50 heavy (non-hydrogen) atoms. The molecule has 0 saturated carbocycles. The summed E-state index contributed by atoms with van der Waals surface area (Å²) in [5.74, 6) is -2.26. The summed E-state index contributed by atoms with van der Waals surface area (Å²) in [6.45, 7) is 3.17. The standard InChI is InChI=1S/C35H53N9O6/c1-21-8-9-22-16-24(21)19-29(34(49)42-20-27(39)32(47)41-14-4-2-3-7-31(46)40-15-13-37)44-35(50)28(6-5-12-36)43-33(48)26(38)18-25-17-23(22)10-11-30(25)45/h8-11,16-17,26-29,45H,2-7,12-15,18-20,36-39H2,1H3,(H,40,46)(H,41,47)(H,42,49)(H,43,48)(H,44,50)/t26-,27-,28-,29-/m0/s1. The van der Waals surface area contributed by atoms with Crippen LogP contribution in [0.3, 0.4) is 0 Å². The third-order valence-corrected chi connectivity index (χ3v) is 8.60. The van der Waals surface area contributed by atoms with Gasteiger partial charge in [-0.3, -0.25) is 24.0 Å². The molecular weight excluding hydrogens is 642 g/mol. The number of hydrogen-bond donors (Lipinski definition) is 10. The molecule has 0 saturated heterocycles. The van der Waals surface area contributed by atoms with Gasteiger partial charge in [-0.1, -0.05) is 30.7 Å². The van der Waals surface area contributed by atoms with Gasteiger partial charge in [-0.15, -0.1) is 0 Å². The lowest BCUT2D eigenvalue weighted by molar-refractivity contribution is -0.132. The highest BCUT2D eigenvalue weighted by Gasteiger charge is 2.30. The molecule has 15 heteroatoms. The molecule has 1 aliphatic rings. The Hall–Kier alpha value is -4.57. The van der Waals surface area contributed by atoms with Gasteiger partial charge in [-0.2, -0.15) is 0 Å². The van der Waals surface area contributed by atoms with Crippen molar-refractivity contribution in [2.24, 2.45) is 22.9 Å². The number of carbonyl (C=O) groups excluding carboxylic acids is 5. The molecule has 4 atom stereocenters. The van der Waals surface area contributed by atoms with Crippen molar-refractivity contribution in [3.05, 3.63) is 53.1 Å². The van der Waals surface area contributed by atoms with Crippen LogP contribution in [0.2, 0.25) is 0 Å². The van der Waals surface area contributed by atoms with Gasteiger partial charge < -0.3 is 54.6 Å². The second-order valence-corrected chi connectivity index (χ2v) is 12.6. The minimum Gasteiger partial charge on any atom is -0.508 e. The summed E-state index contributed by atoms with van der Waals surface area (Å²) < 4.78 is 0. The first kappa shape index (κ1) is 39.9. The Morgan fingerprint density at radius 1 is 0.860 bits per heavy atom. The average Bonchev–Trinajstić information content (AvgIpc) is 3.10. The van der Waals surface area contributed by atoms with E-state index in [0.717, 1.165) is 28.7 Å². The molecular formula is C35H53N9O6. The van der Waals surface area contributed by atoms with Crippen molar-refractivity contribution in [1.29, 1.82) is 0 Å². The Bertz CT molecular complexity index is 1490. The first-order valence-electron chi connectivity index (χ1n) is 17.2. The van der Waals surface area contributed by atoms with Gasteiger partial charge in [0.05, 0.1) is 6.04 Å². The van der Waals surface area contributed by atoms with Gasteiger partial charge in [0, 0.05) is 45.4 Å². The summed E-state index contributed by atoms with van der Waals surface area (Å²) >= 11 is 0. The molecule has 1 aliphatic heterocycles. The van der Waals surface area contributed by atoms with Gasteiger partial charge in [0.1, 0.15) is 23.9 Å². The van der Waals surface area contributed by atoms with E-state index < -0.39 is 47.8 Å². The molecule has 5 amide bonds. The first-order valence-corrected chi connectivity index (χ1v) is 17.2. The number of nitrogens with one attached hydrogen (secondary N) is 5. The number of amides is 5. The maximum absolute atomic E-state index is 13.6. The molecule has 14 N–H and O–H groups in total. The Balaban J connectivity index is 1.74. The minimum absolute atomic E-state index is 0.00475. The zero-order valence-electron chi connectivity index (χ0n) is 28.8. The van der Waals surface area contributed by atoms with Gasteiger partial charge in [-0.05, 0) is 79.1 Å². The minimum atomic E-state index is -1.08. The molecule has 274 valence electrons. The maximum Gasteiger partial charge on any atom is 0.243 e. The van der Waals surface area contributed by atoms with Crippen molar-refractivity contribution in [3.63, 3.8) is 0 Å². The molecule has 2 aromatic rings. The van der Waals surface area contributed by atoms with Crippen LogP contribution < -0.4 is 49.5 Å². The van der Waals surface area contributed by atoms with Crippen LogP contribution in [0.1, 0.15) is 55.2 Å². The zero-order chi connectivity index (χ0) is 36.6. The molecule has 0 spiro atoms.